The highest BCUT2D eigenvalue weighted by Crippen LogP contribution is 2.35. The van der Waals surface area contributed by atoms with E-state index in [1.165, 1.54) is 0 Å². The van der Waals surface area contributed by atoms with Gasteiger partial charge in [-0.3, -0.25) is 9.69 Å². The van der Waals surface area contributed by atoms with Gasteiger partial charge in [-0.25, -0.2) is 0 Å². The first kappa shape index (κ1) is 18.1. The van der Waals surface area contributed by atoms with E-state index in [-0.39, 0.29) is 11.3 Å². The van der Waals surface area contributed by atoms with Crippen molar-refractivity contribution in [2.24, 2.45) is 11.3 Å². The lowest BCUT2D eigenvalue weighted by Gasteiger charge is -2.43. The number of likely N-dealkylation sites (tertiary alicyclic amines) is 1. The summed E-state index contributed by atoms with van der Waals surface area (Å²) in [6.45, 7) is 9.10. The van der Waals surface area contributed by atoms with Crippen LogP contribution in [-0.2, 0) is 14.3 Å². The average molecular weight is 339 g/mol. The van der Waals surface area contributed by atoms with E-state index in [2.05, 4.69) is 28.8 Å². The molecule has 3 fully saturated rings. The van der Waals surface area contributed by atoms with Crippen LogP contribution in [-0.4, -0.2) is 100 Å². The zero-order valence-corrected chi connectivity index (χ0v) is 15.3. The van der Waals surface area contributed by atoms with Crippen LogP contribution >= 0.6 is 0 Å². The fourth-order valence-electron chi connectivity index (χ4n) is 4.11. The third-order valence-electron chi connectivity index (χ3n) is 5.80. The molecule has 138 valence electrons. The van der Waals surface area contributed by atoms with Gasteiger partial charge in [0.05, 0.1) is 25.7 Å². The van der Waals surface area contributed by atoms with Crippen molar-refractivity contribution in [1.82, 2.24) is 14.7 Å². The van der Waals surface area contributed by atoms with Crippen LogP contribution in [0.3, 0.4) is 0 Å². The van der Waals surface area contributed by atoms with Crippen molar-refractivity contribution >= 4 is 5.91 Å². The quantitative estimate of drug-likeness (QED) is 0.747. The number of hydrogen-bond donors (Lipinski definition) is 0. The number of carbonyl (C=O) groups is 1. The minimum Gasteiger partial charge on any atom is -0.381 e. The molecule has 24 heavy (non-hydrogen) atoms. The first-order valence-corrected chi connectivity index (χ1v) is 9.39. The van der Waals surface area contributed by atoms with Crippen molar-refractivity contribution in [3.63, 3.8) is 0 Å². The molecule has 6 heteroatoms. The summed E-state index contributed by atoms with van der Waals surface area (Å²) < 4.78 is 11.3. The van der Waals surface area contributed by atoms with Gasteiger partial charge in [-0.15, -0.1) is 0 Å². The molecule has 0 radical (unpaired) electrons. The van der Waals surface area contributed by atoms with Gasteiger partial charge in [-0.05, 0) is 33.4 Å². The molecule has 3 aliphatic heterocycles. The second-order valence-corrected chi connectivity index (χ2v) is 8.02. The molecule has 0 bridgehead atoms. The highest BCUT2D eigenvalue weighted by molar-refractivity contribution is 5.79. The van der Waals surface area contributed by atoms with Crippen molar-refractivity contribution in [1.29, 1.82) is 0 Å². The van der Waals surface area contributed by atoms with E-state index < -0.39 is 0 Å². The maximum Gasteiger partial charge on any atom is 0.228 e. The van der Waals surface area contributed by atoms with Gasteiger partial charge in [0.2, 0.25) is 5.91 Å². The van der Waals surface area contributed by atoms with Gasteiger partial charge < -0.3 is 19.3 Å². The van der Waals surface area contributed by atoms with Gasteiger partial charge in [-0.2, -0.15) is 0 Å². The molecule has 0 N–H and O–H groups in total. The summed E-state index contributed by atoms with van der Waals surface area (Å²) in [5.41, 5.74) is 0.228. The highest BCUT2D eigenvalue weighted by atomic mass is 16.5. The number of rotatable bonds is 4. The standard InChI is InChI=1S/C18H33N3O3/c1-19(2)8-9-20-10-12-24-15-18(14-20)4-6-21(7-5-18)17(22)16-3-11-23-13-16/h16H,3-15H2,1-2H3/t16-/m1/s1. The van der Waals surface area contributed by atoms with Crippen LogP contribution in [0.5, 0.6) is 0 Å². The fraction of sp³-hybridized carbons (Fsp3) is 0.944. The Kier molecular flexibility index (Phi) is 6.13. The molecule has 1 atom stereocenters. The second-order valence-electron chi connectivity index (χ2n) is 8.02. The monoisotopic (exact) mass is 339 g/mol. The molecular formula is C18H33N3O3. The summed E-state index contributed by atoms with van der Waals surface area (Å²) in [6, 6.07) is 0. The zero-order valence-electron chi connectivity index (χ0n) is 15.3. The number of hydrogen-bond acceptors (Lipinski definition) is 5. The number of amides is 1. The third kappa shape index (κ3) is 4.48. The molecule has 3 aliphatic rings. The summed E-state index contributed by atoms with van der Waals surface area (Å²) in [4.78, 5) is 19.4. The van der Waals surface area contributed by atoms with E-state index >= 15 is 0 Å². The summed E-state index contributed by atoms with van der Waals surface area (Å²) in [5, 5.41) is 0. The maximum atomic E-state index is 12.6. The molecule has 0 aromatic heterocycles. The van der Waals surface area contributed by atoms with Gasteiger partial charge >= 0.3 is 0 Å². The molecular weight excluding hydrogens is 306 g/mol. The van der Waals surface area contributed by atoms with Crippen LogP contribution in [0, 0.1) is 11.3 Å². The maximum absolute atomic E-state index is 12.6. The molecule has 0 aromatic carbocycles. The fourth-order valence-corrected chi connectivity index (χ4v) is 4.11. The van der Waals surface area contributed by atoms with Crippen LogP contribution in [0.25, 0.3) is 0 Å². The normalized spacial score (nSPS) is 28.5. The zero-order chi connectivity index (χ0) is 17.0. The number of carbonyl (C=O) groups excluding carboxylic acids is 1. The topological polar surface area (TPSA) is 45.2 Å². The Hall–Kier alpha value is -0.690. The molecule has 6 nitrogen and oxygen atoms in total. The Bertz CT molecular complexity index is 416. The highest BCUT2D eigenvalue weighted by Gasteiger charge is 2.40. The minimum absolute atomic E-state index is 0.0982. The Morgan fingerprint density at radius 1 is 1.17 bits per heavy atom. The van der Waals surface area contributed by atoms with Crippen molar-refractivity contribution < 1.29 is 14.3 Å². The number of likely N-dealkylation sites (N-methyl/N-ethyl adjacent to an activating group) is 1. The van der Waals surface area contributed by atoms with E-state index in [0.717, 1.165) is 78.4 Å². The van der Waals surface area contributed by atoms with Crippen LogP contribution in [0.15, 0.2) is 0 Å². The molecule has 0 aromatic rings. The van der Waals surface area contributed by atoms with Crippen LogP contribution < -0.4 is 0 Å². The molecule has 3 saturated heterocycles. The Labute approximate surface area is 146 Å². The first-order valence-electron chi connectivity index (χ1n) is 9.39. The van der Waals surface area contributed by atoms with Crippen molar-refractivity contribution in [3.8, 4) is 0 Å². The van der Waals surface area contributed by atoms with E-state index in [1.807, 2.05) is 0 Å². The summed E-state index contributed by atoms with van der Waals surface area (Å²) in [7, 11) is 4.25. The lowest BCUT2D eigenvalue weighted by molar-refractivity contribution is -0.138. The Morgan fingerprint density at radius 2 is 1.96 bits per heavy atom. The molecule has 0 saturated carbocycles. The van der Waals surface area contributed by atoms with E-state index in [1.54, 1.807) is 0 Å². The van der Waals surface area contributed by atoms with Crippen molar-refractivity contribution in [3.05, 3.63) is 0 Å². The largest absolute Gasteiger partial charge is 0.381 e. The molecule has 0 unspecified atom stereocenters. The van der Waals surface area contributed by atoms with Gasteiger partial charge in [0.1, 0.15) is 0 Å². The molecule has 1 spiro atoms. The smallest absolute Gasteiger partial charge is 0.228 e. The van der Waals surface area contributed by atoms with Gasteiger partial charge in [0, 0.05) is 51.3 Å². The predicted molar refractivity (Wildman–Crippen MR) is 93.0 cm³/mol. The lowest BCUT2D eigenvalue weighted by Crippen LogP contribution is -2.50. The van der Waals surface area contributed by atoms with Crippen molar-refractivity contribution in [2.45, 2.75) is 19.3 Å². The van der Waals surface area contributed by atoms with Crippen molar-refractivity contribution in [2.75, 3.05) is 79.8 Å². The van der Waals surface area contributed by atoms with Gasteiger partial charge in [0.15, 0.2) is 0 Å². The van der Waals surface area contributed by atoms with Gasteiger partial charge in [0.25, 0.3) is 0 Å². The molecule has 1 amide bonds. The molecule has 3 heterocycles. The SMILES string of the molecule is CN(C)CCN1CCOCC2(CCN(C(=O)[C@@H]3CCOC3)CC2)C1. The van der Waals surface area contributed by atoms with Crippen LogP contribution in [0.2, 0.25) is 0 Å². The lowest BCUT2D eigenvalue weighted by atomic mass is 9.78. The van der Waals surface area contributed by atoms with E-state index in [0.29, 0.717) is 12.5 Å². The van der Waals surface area contributed by atoms with E-state index in [4.69, 9.17) is 9.47 Å². The van der Waals surface area contributed by atoms with E-state index in [9.17, 15) is 4.79 Å². The van der Waals surface area contributed by atoms with Crippen LogP contribution in [0.4, 0.5) is 0 Å². The molecule has 0 aliphatic carbocycles. The Morgan fingerprint density at radius 3 is 2.62 bits per heavy atom. The first-order chi connectivity index (χ1) is 11.6. The summed E-state index contributed by atoms with van der Waals surface area (Å²) in [5.74, 6) is 0.405. The second kappa shape index (κ2) is 8.13. The average Bonchev–Trinajstić information content (AvgIpc) is 3.04. The number of nitrogens with zero attached hydrogens (tertiary/aromatic N) is 3. The third-order valence-corrected chi connectivity index (χ3v) is 5.80. The molecule has 3 rings (SSSR count). The minimum atomic E-state index is 0.0982. The van der Waals surface area contributed by atoms with Gasteiger partial charge in [-0.1, -0.05) is 0 Å². The predicted octanol–water partition coefficient (Wildman–Crippen LogP) is 0.526. The van der Waals surface area contributed by atoms with Crippen LogP contribution in [0.1, 0.15) is 19.3 Å². The summed E-state index contributed by atoms with van der Waals surface area (Å²) >= 11 is 0. The summed E-state index contributed by atoms with van der Waals surface area (Å²) in [6.07, 6.45) is 3.01. The number of piperidine rings is 1. The Balaban J connectivity index is 1.53. The number of ether oxygens (including phenoxy) is 2.